The van der Waals surface area contributed by atoms with Crippen LogP contribution in [0, 0.1) is 0 Å². The molecule has 0 saturated heterocycles. The molecule has 0 fully saturated rings. The second-order valence-corrected chi connectivity index (χ2v) is 10.3. The third-order valence-corrected chi connectivity index (χ3v) is 7.61. The van der Waals surface area contributed by atoms with Crippen LogP contribution in [0.5, 0.6) is 0 Å². The zero-order valence-corrected chi connectivity index (χ0v) is 21.5. The van der Waals surface area contributed by atoms with Crippen LogP contribution in [0.2, 0.25) is 0 Å². The van der Waals surface area contributed by atoms with Crippen molar-refractivity contribution in [3.05, 3.63) is 159 Å². The molecule has 0 spiro atoms. The van der Waals surface area contributed by atoms with Gasteiger partial charge in [-0.15, -0.1) is 0 Å². The molecule has 164 valence electrons. The highest BCUT2D eigenvalue weighted by Gasteiger charge is 2.46. The van der Waals surface area contributed by atoms with Crippen LogP contribution in [0.1, 0.15) is 22.3 Å². The monoisotopic (exact) mass is 565 g/mol. The van der Waals surface area contributed by atoms with E-state index in [4.69, 9.17) is 0 Å². The van der Waals surface area contributed by atoms with Crippen molar-refractivity contribution in [3.8, 4) is 0 Å². The van der Waals surface area contributed by atoms with Crippen LogP contribution < -0.4 is 4.90 Å². The average molecular weight is 567 g/mol. The van der Waals surface area contributed by atoms with Crippen molar-refractivity contribution in [1.82, 2.24) is 0 Å². The Hall–Kier alpha value is -3.14. The first kappa shape index (κ1) is 21.4. The van der Waals surface area contributed by atoms with Crippen LogP contribution in [0.25, 0.3) is 0 Å². The van der Waals surface area contributed by atoms with Crippen molar-refractivity contribution >= 4 is 48.9 Å². The molecule has 0 amide bonds. The van der Waals surface area contributed by atoms with Crippen molar-refractivity contribution in [3.63, 3.8) is 0 Å². The summed E-state index contributed by atoms with van der Waals surface area (Å²) in [5.41, 5.74) is 8.02. The Morgan fingerprint density at radius 3 is 1.44 bits per heavy atom. The summed E-state index contributed by atoms with van der Waals surface area (Å²) < 4.78 is 2.14. The van der Waals surface area contributed by atoms with Gasteiger partial charge in [-0.3, -0.25) is 0 Å². The Morgan fingerprint density at radius 2 is 0.941 bits per heavy atom. The molecule has 1 aliphatic heterocycles. The third kappa shape index (κ3) is 3.26. The minimum atomic E-state index is -0.480. The molecule has 3 heteroatoms. The normalized spacial score (nSPS) is 13.8. The summed E-state index contributed by atoms with van der Waals surface area (Å²) in [7, 11) is 0. The number of rotatable bonds is 3. The van der Waals surface area contributed by atoms with Gasteiger partial charge in [0.1, 0.15) is 0 Å². The van der Waals surface area contributed by atoms with Crippen molar-refractivity contribution in [1.29, 1.82) is 0 Å². The Kier molecular flexibility index (Phi) is 5.40. The van der Waals surface area contributed by atoms with Gasteiger partial charge in [0.05, 0.1) is 16.8 Å². The van der Waals surface area contributed by atoms with E-state index in [1.807, 2.05) is 0 Å². The number of hydrogen-bond acceptors (Lipinski definition) is 1. The third-order valence-electron chi connectivity index (χ3n) is 6.63. The molecule has 0 N–H and O–H groups in total. The lowest BCUT2D eigenvalue weighted by Gasteiger charge is -2.46. The fourth-order valence-electron chi connectivity index (χ4n) is 5.33. The minimum absolute atomic E-state index is 0.480. The van der Waals surface area contributed by atoms with Crippen LogP contribution in [0.15, 0.2) is 136 Å². The second-order valence-electron chi connectivity index (χ2n) is 8.48. The van der Waals surface area contributed by atoms with Crippen LogP contribution in [-0.4, -0.2) is 0 Å². The first-order valence-electron chi connectivity index (χ1n) is 11.3. The first-order chi connectivity index (χ1) is 16.7. The van der Waals surface area contributed by atoms with Crippen LogP contribution in [0.4, 0.5) is 17.1 Å². The van der Waals surface area contributed by atoms with E-state index in [9.17, 15) is 0 Å². The molecule has 0 unspecified atom stereocenters. The van der Waals surface area contributed by atoms with Crippen molar-refractivity contribution < 1.29 is 0 Å². The average Bonchev–Trinajstić information content (AvgIpc) is 2.88. The van der Waals surface area contributed by atoms with E-state index in [0.717, 1.165) is 14.6 Å². The number of anilines is 3. The van der Waals surface area contributed by atoms with Gasteiger partial charge in [-0.25, -0.2) is 0 Å². The van der Waals surface area contributed by atoms with E-state index < -0.39 is 5.41 Å². The van der Waals surface area contributed by atoms with E-state index in [1.165, 1.54) is 33.6 Å². The summed E-state index contributed by atoms with van der Waals surface area (Å²) in [6.07, 6.45) is 0. The van der Waals surface area contributed by atoms with Gasteiger partial charge in [0.2, 0.25) is 0 Å². The summed E-state index contributed by atoms with van der Waals surface area (Å²) in [5.74, 6) is 0. The molecule has 0 saturated carbocycles. The van der Waals surface area contributed by atoms with E-state index in [-0.39, 0.29) is 0 Å². The Balaban J connectivity index is 1.79. The van der Waals surface area contributed by atoms with E-state index in [1.54, 1.807) is 0 Å². The highest BCUT2D eigenvalue weighted by Crippen LogP contribution is 2.57. The van der Waals surface area contributed by atoms with Crippen molar-refractivity contribution in [2.45, 2.75) is 5.41 Å². The van der Waals surface area contributed by atoms with Gasteiger partial charge in [-0.05, 0) is 70.8 Å². The van der Waals surface area contributed by atoms with Gasteiger partial charge in [-0.2, -0.15) is 0 Å². The standard InChI is InChI=1S/C31H21Br2N/c32-24-12-8-10-22(20-24)31(23-11-9-13-25(33)21-23)27-16-4-6-18-29(27)34(26-14-2-1-3-15-26)30-19-7-5-17-28(30)31/h1-21H. The molecule has 34 heavy (non-hydrogen) atoms. The fourth-order valence-corrected chi connectivity index (χ4v) is 6.13. The number of nitrogens with zero attached hydrogens (tertiary/aromatic N) is 1. The topological polar surface area (TPSA) is 3.24 Å². The SMILES string of the molecule is Brc1cccc(C2(c3cccc(Br)c3)c3ccccc3N(c3ccccc3)c3ccccc32)c1. The van der Waals surface area contributed by atoms with E-state index in [0.29, 0.717) is 0 Å². The quantitative estimate of drug-likeness (QED) is 0.206. The molecule has 5 aromatic carbocycles. The maximum absolute atomic E-state index is 3.75. The zero-order chi connectivity index (χ0) is 23.1. The molecular weight excluding hydrogens is 546 g/mol. The Labute approximate surface area is 217 Å². The number of hydrogen-bond donors (Lipinski definition) is 0. The lowest BCUT2D eigenvalue weighted by atomic mass is 9.62. The summed E-state index contributed by atoms with van der Waals surface area (Å²) in [4.78, 5) is 2.39. The number of fused-ring (bicyclic) bond motifs is 2. The molecule has 0 atom stereocenters. The van der Waals surface area contributed by atoms with Crippen LogP contribution >= 0.6 is 31.9 Å². The Bertz CT molecular complexity index is 1400. The second kappa shape index (κ2) is 8.57. The van der Waals surface area contributed by atoms with Gasteiger partial charge in [0.25, 0.3) is 0 Å². The van der Waals surface area contributed by atoms with Gasteiger partial charge < -0.3 is 4.90 Å². The van der Waals surface area contributed by atoms with E-state index >= 15 is 0 Å². The number of para-hydroxylation sites is 3. The summed E-state index contributed by atoms with van der Waals surface area (Å²) in [5, 5.41) is 0. The summed E-state index contributed by atoms with van der Waals surface area (Å²) in [6.45, 7) is 0. The highest BCUT2D eigenvalue weighted by atomic mass is 79.9. The maximum Gasteiger partial charge on any atom is 0.0743 e. The van der Waals surface area contributed by atoms with Gasteiger partial charge in [0.15, 0.2) is 0 Å². The molecule has 1 nitrogen and oxygen atoms in total. The number of benzene rings is 5. The predicted molar refractivity (Wildman–Crippen MR) is 148 cm³/mol. The molecule has 0 aliphatic carbocycles. The van der Waals surface area contributed by atoms with Crippen molar-refractivity contribution in [2.24, 2.45) is 0 Å². The molecule has 5 aromatic rings. The maximum atomic E-state index is 3.75. The molecule has 0 bridgehead atoms. The fraction of sp³-hybridized carbons (Fsp3) is 0.0323. The smallest absolute Gasteiger partial charge is 0.0743 e. The van der Waals surface area contributed by atoms with Gasteiger partial charge in [-0.1, -0.05) is 111 Å². The molecule has 0 aromatic heterocycles. The molecule has 1 heterocycles. The Morgan fingerprint density at radius 1 is 0.471 bits per heavy atom. The summed E-state index contributed by atoms with van der Waals surface area (Å²) >= 11 is 7.50. The lowest BCUT2D eigenvalue weighted by molar-refractivity contribution is 0.730. The highest BCUT2D eigenvalue weighted by molar-refractivity contribution is 9.10. The predicted octanol–water partition coefficient (Wildman–Crippen LogP) is 9.38. The molecule has 6 rings (SSSR count). The lowest BCUT2D eigenvalue weighted by Crippen LogP contribution is -2.37. The van der Waals surface area contributed by atoms with Crippen LogP contribution in [-0.2, 0) is 5.41 Å². The summed E-state index contributed by atoms with van der Waals surface area (Å²) in [6, 6.07) is 45.7. The molecule has 1 aliphatic rings. The largest absolute Gasteiger partial charge is 0.310 e. The number of halogens is 2. The molecular formula is C31H21Br2N. The van der Waals surface area contributed by atoms with Gasteiger partial charge in [0, 0.05) is 14.6 Å². The van der Waals surface area contributed by atoms with Gasteiger partial charge >= 0.3 is 0 Å². The zero-order valence-electron chi connectivity index (χ0n) is 18.3. The molecule has 0 radical (unpaired) electrons. The first-order valence-corrected chi connectivity index (χ1v) is 12.8. The van der Waals surface area contributed by atoms with Crippen molar-refractivity contribution in [2.75, 3.05) is 4.90 Å². The minimum Gasteiger partial charge on any atom is -0.310 e. The van der Waals surface area contributed by atoms with Crippen LogP contribution in [0.3, 0.4) is 0 Å². The van der Waals surface area contributed by atoms with E-state index in [2.05, 4.69) is 164 Å².